The SMILES string of the molecule is c1ccc(-c2ccccc2-c2c(-c3ccccc3)cccc2-c2ccccc2N(c2ccccc2)c2ccc(-c3cccc4ccccc34)cc2)cc1. The van der Waals surface area contributed by atoms with Crippen molar-refractivity contribution in [3.8, 4) is 55.6 Å². The maximum Gasteiger partial charge on any atom is 0.0540 e. The molecule has 0 aliphatic carbocycles. The Balaban J connectivity index is 1.25. The van der Waals surface area contributed by atoms with Gasteiger partial charge in [0.1, 0.15) is 0 Å². The Bertz CT molecular complexity index is 2640. The van der Waals surface area contributed by atoms with Crippen LogP contribution in [0.1, 0.15) is 0 Å². The van der Waals surface area contributed by atoms with E-state index in [1.165, 1.54) is 60.8 Å². The van der Waals surface area contributed by atoms with E-state index in [1.54, 1.807) is 0 Å². The molecule has 0 aliphatic rings. The van der Waals surface area contributed by atoms with E-state index in [2.05, 4.69) is 229 Å². The summed E-state index contributed by atoms with van der Waals surface area (Å²) in [4.78, 5) is 2.39. The summed E-state index contributed by atoms with van der Waals surface area (Å²) in [6, 6.07) is 80.8. The number of fused-ring (bicyclic) bond motifs is 1. The van der Waals surface area contributed by atoms with Gasteiger partial charge < -0.3 is 4.90 Å². The predicted octanol–water partition coefficient (Wildman–Crippen LogP) is 14.6. The van der Waals surface area contributed by atoms with Crippen LogP contribution in [-0.2, 0) is 0 Å². The molecule has 9 rings (SSSR count). The maximum absolute atomic E-state index is 2.39. The summed E-state index contributed by atoms with van der Waals surface area (Å²) in [5.41, 5.74) is 15.3. The fourth-order valence-corrected chi connectivity index (χ4v) is 7.66. The third-order valence-electron chi connectivity index (χ3n) is 10.1. The van der Waals surface area contributed by atoms with Crippen molar-refractivity contribution in [3.63, 3.8) is 0 Å². The third kappa shape index (κ3) is 6.20. The van der Waals surface area contributed by atoms with Crippen LogP contribution < -0.4 is 4.90 Å². The van der Waals surface area contributed by atoms with Crippen LogP contribution in [0.4, 0.5) is 17.1 Å². The van der Waals surface area contributed by atoms with Crippen LogP contribution in [0.3, 0.4) is 0 Å². The lowest BCUT2D eigenvalue weighted by Gasteiger charge is -2.29. The van der Waals surface area contributed by atoms with Gasteiger partial charge in [0.25, 0.3) is 0 Å². The first kappa shape index (κ1) is 32.0. The molecule has 53 heavy (non-hydrogen) atoms. The predicted molar refractivity (Wildman–Crippen MR) is 226 cm³/mol. The van der Waals surface area contributed by atoms with Crippen molar-refractivity contribution in [3.05, 3.63) is 224 Å². The first-order valence-electron chi connectivity index (χ1n) is 18.2. The fraction of sp³-hybridized carbons (Fsp3) is 0. The van der Waals surface area contributed by atoms with Gasteiger partial charge in [-0.1, -0.05) is 194 Å². The van der Waals surface area contributed by atoms with Crippen LogP contribution in [-0.4, -0.2) is 0 Å². The standard InChI is InChI=1S/C52H37N/c1-4-18-38(19-5-1)46-27-12-13-29-49(46)52-47(40-20-6-2-7-21-40)31-17-32-50(52)48-28-14-15-33-51(48)53(42-24-8-3-9-25-42)43-36-34-41(35-37-43)45-30-16-23-39-22-10-11-26-44(39)45/h1-37H. The number of benzene rings is 9. The fourth-order valence-electron chi connectivity index (χ4n) is 7.66. The molecule has 1 nitrogen and oxygen atoms in total. The highest BCUT2D eigenvalue weighted by atomic mass is 15.1. The Kier molecular flexibility index (Phi) is 8.66. The minimum absolute atomic E-state index is 1.10. The summed E-state index contributed by atoms with van der Waals surface area (Å²) in [5.74, 6) is 0. The van der Waals surface area contributed by atoms with E-state index in [4.69, 9.17) is 0 Å². The summed E-state index contributed by atoms with van der Waals surface area (Å²) < 4.78 is 0. The Labute approximate surface area is 311 Å². The lowest BCUT2D eigenvalue weighted by Crippen LogP contribution is -2.11. The van der Waals surface area contributed by atoms with Gasteiger partial charge in [0.05, 0.1) is 5.69 Å². The molecule has 0 aromatic heterocycles. The first-order chi connectivity index (χ1) is 26.3. The maximum atomic E-state index is 2.39. The normalized spacial score (nSPS) is 11.0. The molecule has 0 saturated carbocycles. The summed E-state index contributed by atoms with van der Waals surface area (Å²) in [6.07, 6.45) is 0. The van der Waals surface area contributed by atoms with E-state index in [1.807, 2.05) is 0 Å². The average molecular weight is 676 g/mol. The summed E-state index contributed by atoms with van der Waals surface area (Å²) in [6.45, 7) is 0. The molecule has 0 atom stereocenters. The summed E-state index contributed by atoms with van der Waals surface area (Å²) >= 11 is 0. The monoisotopic (exact) mass is 675 g/mol. The second-order valence-corrected chi connectivity index (χ2v) is 13.3. The molecule has 0 saturated heterocycles. The van der Waals surface area contributed by atoms with Crippen molar-refractivity contribution in [2.75, 3.05) is 4.90 Å². The molecule has 0 spiro atoms. The molecule has 0 radical (unpaired) electrons. The van der Waals surface area contributed by atoms with Crippen LogP contribution >= 0.6 is 0 Å². The molecule has 250 valence electrons. The van der Waals surface area contributed by atoms with E-state index in [0.29, 0.717) is 0 Å². The molecule has 0 amide bonds. The van der Waals surface area contributed by atoms with Crippen molar-refractivity contribution in [2.45, 2.75) is 0 Å². The minimum Gasteiger partial charge on any atom is -0.310 e. The van der Waals surface area contributed by atoms with Crippen molar-refractivity contribution >= 4 is 27.8 Å². The lowest BCUT2D eigenvalue weighted by atomic mass is 9.84. The number of hydrogen-bond acceptors (Lipinski definition) is 1. The summed E-state index contributed by atoms with van der Waals surface area (Å²) in [7, 11) is 0. The molecular formula is C52H37N. The lowest BCUT2D eigenvalue weighted by molar-refractivity contribution is 1.28. The largest absolute Gasteiger partial charge is 0.310 e. The zero-order valence-electron chi connectivity index (χ0n) is 29.3. The van der Waals surface area contributed by atoms with Crippen molar-refractivity contribution < 1.29 is 0 Å². The quantitative estimate of drug-likeness (QED) is 0.155. The second-order valence-electron chi connectivity index (χ2n) is 13.3. The average Bonchev–Trinajstić information content (AvgIpc) is 3.25. The van der Waals surface area contributed by atoms with Crippen molar-refractivity contribution in [1.82, 2.24) is 0 Å². The molecular weight excluding hydrogens is 639 g/mol. The molecule has 0 N–H and O–H groups in total. The van der Waals surface area contributed by atoms with Gasteiger partial charge in [-0.25, -0.2) is 0 Å². The molecule has 9 aromatic rings. The molecule has 0 heterocycles. The number of anilines is 3. The topological polar surface area (TPSA) is 3.24 Å². The molecule has 0 unspecified atom stereocenters. The zero-order chi connectivity index (χ0) is 35.4. The minimum atomic E-state index is 1.10. The highest BCUT2D eigenvalue weighted by Crippen LogP contribution is 2.48. The van der Waals surface area contributed by atoms with E-state index in [-0.39, 0.29) is 0 Å². The number of nitrogens with zero attached hydrogens (tertiary/aromatic N) is 1. The van der Waals surface area contributed by atoms with Crippen LogP contribution in [0.2, 0.25) is 0 Å². The molecule has 0 aliphatic heterocycles. The Morgan fingerprint density at radius 1 is 0.245 bits per heavy atom. The van der Waals surface area contributed by atoms with E-state index >= 15 is 0 Å². The number of para-hydroxylation sites is 2. The highest BCUT2D eigenvalue weighted by Gasteiger charge is 2.22. The van der Waals surface area contributed by atoms with Gasteiger partial charge in [0.15, 0.2) is 0 Å². The van der Waals surface area contributed by atoms with Gasteiger partial charge in [0, 0.05) is 16.9 Å². The van der Waals surface area contributed by atoms with Gasteiger partial charge in [-0.2, -0.15) is 0 Å². The smallest absolute Gasteiger partial charge is 0.0540 e. The molecule has 1 heteroatoms. The highest BCUT2D eigenvalue weighted by molar-refractivity contribution is 6.03. The summed E-state index contributed by atoms with van der Waals surface area (Å²) in [5, 5.41) is 2.51. The number of rotatable bonds is 8. The van der Waals surface area contributed by atoms with Crippen LogP contribution in [0.25, 0.3) is 66.4 Å². The molecule has 0 fully saturated rings. The van der Waals surface area contributed by atoms with Crippen molar-refractivity contribution in [2.24, 2.45) is 0 Å². The van der Waals surface area contributed by atoms with Gasteiger partial charge in [-0.05, 0) is 91.2 Å². The first-order valence-corrected chi connectivity index (χ1v) is 18.2. The Morgan fingerprint density at radius 2 is 0.698 bits per heavy atom. The second kappa shape index (κ2) is 14.3. The van der Waals surface area contributed by atoms with Gasteiger partial charge >= 0.3 is 0 Å². The molecule has 0 bridgehead atoms. The van der Waals surface area contributed by atoms with Gasteiger partial charge in [-0.15, -0.1) is 0 Å². The Hall–Kier alpha value is -6.96. The number of hydrogen-bond donors (Lipinski definition) is 0. The van der Waals surface area contributed by atoms with E-state index in [0.717, 1.165) is 22.6 Å². The molecule has 9 aromatic carbocycles. The third-order valence-corrected chi connectivity index (χ3v) is 10.1. The van der Waals surface area contributed by atoms with Crippen molar-refractivity contribution in [1.29, 1.82) is 0 Å². The Morgan fingerprint density at radius 3 is 1.43 bits per heavy atom. The van der Waals surface area contributed by atoms with Gasteiger partial charge in [-0.3, -0.25) is 0 Å². The van der Waals surface area contributed by atoms with Crippen LogP contribution in [0.5, 0.6) is 0 Å². The van der Waals surface area contributed by atoms with Crippen LogP contribution in [0.15, 0.2) is 224 Å². The van der Waals surface area contributed by atoms with Crippen LogP contribution in [0, 0.1) is 0 Å². The zero-order valence-corrected chi connectivity index (χ0v) is 29.3. The van der Waals surface area contributed by atoms with E-state index in [9.17, 15) is 0 Å². The van der Waals surface area contributed by atoms with E-state index < -0.39 is 0 Å². The van der Waals surface area contributed by atoms with Gasteiger partial charge in [0.2, 0.25) is 0 Å².